The Morgan fingerprint density at radius 3 is 2.15 bits per heavy atom. The molecule has 1 fully saturated rings. The van der Waals surface area contributed by atoms with Crippen LogP contribution in [0, 0.1) is 0 Å². The van der Waals surface area contributed by atoms with E-state index in [1.165, 1.54) is 6.92 Å². The van der Waals surface area contributed by atoms with Gasteiger partial charge in [-0.2, -0.15) is 0 Å². The van der Waals surface area contributed by atoms with E-state index in [1.807, 2.05) is 18.2 Å². The summed E-state index contributed by atoms with van der Waals surface area (Å²) in [5.41, 5.74) is 5.72. The van der Waals surface area contributed by atoms with Crippen molar-refractivity contribution in [2.45, 2.75) is 25.8 Å². The van der Waals surface area contributed by atoms with E-state index in [-0.39, 0.29) is 43.1 Å². The number of piperazine rings is 1. The molecule has 1 aliphatic rings. The first-order valence-electron chi connectivity index (χ1n) is 8.48. The average molecular weight is 383 g/mol. The fourth-order valence-corrected chi connectivity index (χ4v) is 2.81. The second-order valence-corrected chi connectivity index (χ2v) is 6.46. The van der Waals surface area contributed by atoms with Crippen LogP contribution in [0.4, 0.5) is 0 Å². The summed E-state index contributed by atoms with van der Waals surface area (Å²) in [6.45, 7) is 5.61. The molecule has 1 atom stereocenters. The molecule has 3 N–H and O–H groups in total. The summed E-state index contributed by atoms with van der Waals surface area (Å²) in [5, 5.41) is 2.74. The molecule has 1 saturated heterocycles. The zero-order chi connectivity index (χ0) is 18.4. The van der Waals surface area contributed by atoms with Crippen molar-refractivity contribution in [3.63, 3.8) is 0 Å². The topological polar surface area (TPSA) is 95.7 Å². The molecular formula is C18H27ClN4O3. The number of nitrogens with zero attached hydrogens (tertiary/aromatic N) is 2. The predicted molar refractivity (Wildman–Crippen MR) is 102 cm³/mol. The highest BCUT2D eigenvalue weighted by Crippen LogP contribution is 2.17. The third kappa shape index (κ3) is 5.44. The molecule has 1 heterocycles. The van der Waals surface area contributed by atoms with Gasteiger partial charge in [-0.05, 0) is 12.5 Å². The number of hydrogen-bond donors (Lipinski definition) is 2. The normalized spacial score (nSPS) is 16.3. The number of amides is 3. The maximum Gasteiger partial charge on any atom is 0.244 e. The van der Waals surface area contributed by atoms with Crippen LogP contribution >= 0.6 is 12.4 Å². The van der Waals surface area contributed by atoms with E-state index in [1.54, 1.807) is 28.9 Å². The third-order valence-electron chi connectivity index (χ3n) is 4.55. The average Bonchev–Trinajstić information content (AvgIpc) is 2.62. The van der Waals surface area contributed by atoms with Crippen LogP contribution in [0.25, 0.3) is 0 Å². The Hall–Kier alpha value is -2.12. The van der Waals surface area contributed by atoms with Gasteiger partial charge in [0.25, 0.3) is 0 Å². The summed E-state index contributed by atoms with van der Waals surface area (Å²) in [7, 11) is 0. The Balaban J connectivity index is 0.00000338. The lowest BCUT2D eigenvalue weighted by molar-refractivity contribution is -0.138. The minimum atomic E-state index is -1.14. The molecule has 0 spiro atoms. The number of benzene rings is 1. The molecule has 0 radical (unpaired) electrons. The molecule has 0 saturated carbocycles. The number of rotatable bonds is 5. The Bertz CT molecular complexity index is 629. The number of hydrogen-bond acceptors (Lipinski definition) is 4. The highest BCUT2D eigenvalue weighted by atomic mass is 35.5. The lowest BCUT2D eigenvalue weighted by atomic mass is 9.92. The van der Waals surface area contributed by atoms with Gasteiger partial charge in [0.2, 0.25) is 17.7 Å². The highest BCUT2D eigenvalue weighted by Gasteiger charge is 2.30. The Labute approximate surface area is 160 Å². The second-order valence-electron chi connectivity index (χ2n) is 6.46. The Morgan fingerprint density at radius 1 is 1.08 bits per heavy atom. The van der Waals surface area contributed by atoms with Gasteiger partial charge in [0.05, 0.1) is 0 Å². The van der Waals surface area contributed by atoms with E-state index in [0.29, 0.717) is 26.2 Å². The summed E-state index contributed by atoms with van der Waals surface area (Å²) >= 11 is 0. The molecule has 1 aromatic carbocycles. The standard InChI is InChI=1S/C18H26N4O3.ClH/c1-14(23)21-10-12-22(13-11-21)16(24)8-9-20-17(25)18(2,19)15-6-4-3-5-7-15;/h3-7H,8-13,19H2,1-2H3,(H,20,25);1H. The molecular weight excluding hydrogens is 356 g/mol. The van der Waals surface area contributed by atoms with Crippen LogP contribution in [-0.4, -0.2) is 60.2 Å². The number of carbonyl (C=O) groups excluding carboxylic acids is 3. The van der Waals surface area contributed by atoms with E-state index in [2.05, 4.69) is 5.32 Å². The maximum atomic E-state index is 12.3. The van der Waals surface area contributed by atoms with Crippen LogP contribution < -0.4 is 11.1 Å². The largest absolute Gasteiger partial charge is 0.354 e. The van der Waals surface area contributed by atoms with E-state index < -0.39 is 5.54 Å². The smallest absolute Gasteiger partial charge is 0.244 e. The quantitative estimate of drug-likeness (QED) is 0.774. The molecule has 1 aliphatic heterocycles. The van der Waals surface area contributed by atoms with Crippen LogP contribution in [-0.2, 0) is 19.9 Å². The van der Waals surface area contributed by atoms with Crippen molar-refractivity contribution in [3.05, 3.63) is 35.9 Å². The maximum absolute atomic E-state index is 12.3. The number of carbonyl (C=O) groups is 3. The van der Waals surface area contributed by atoms with Crippen LogP contribution in [0.5, 0.6) is 0 Å². The van der Waals surface area contributed by atoms with Crippen molar-refractivity contribution in [2.24, 2.45) is 5.73 Å². The molecule has 26 heavy (non-hydrogen) atoms. The zero-order valence-corrected chi connectivity index (χ0v) is 16.1. The van der Waals surface area contributed by atoms with Crippen molar-refractivity contribution < 1.29 is 14.4 Å². The Morgan fingerprint density at radius 2 is 1.62 bits per heavy atom. The molecule has 8 heteroatoms. The zero-order valence-electron chi connectivity index (χ0n) is 15.2. The summed E-state index contributed by atoms with van der Waals surface area (Å²) in [4.78, 5) is 39.3. The molecule has 0 aliphatic carbocycles. The molecule has 2 rings (SSSR count). The fraction of sp³-hybridized carbons (Fsp3) is 0.500. The molecule has 1 unspecified atom stereocenters. The lowest BCUT2D eigenvalue weighted by Crippen LogP contribution is -2.51. The van der Waals surface area contributed by atoms with E-state index in [0.717, 1.165) is 5.56 Å². The molecule has 3 amide bonds. The monoisotopic (exact) mass is 382 g/mol. The lowest BCUT2D eigenvalue weighted by Gasteiger charge is -2.34. The summed E-state index contributed by atoms with van der Waals surface area (Å²) in [6, 6.07) is 9.14. The predicted octanol–water partition coefficient (Wildman–Crippen LogP) is 0.479. The van der Waals surface area contributed by atoms with E-state index in [9.17, 15) is 14.4 Å². The first-order chi connectivity index (χ1) is 11.8. The van der Waals surface area contributed by atoms with E-state index in [4.69, 9.17) is 5.73 Å². The van der Waals surface area contributed by atoms with Gasteiger partial charge in [-0.1, -0.05) is 30.3 Å². The third-order valence-corrected chi connectivity index (χ3v) is 4.55. The SMILES string of the molecule is CC(=O)N1CCN(C(=O)CCNC(=O)C(C)(N)c2ccccc2)CC1.Cl. The fourth-order valence-electron chi connectivity index (χ4n) is 2.81. The van der Waals surface area contributed by atoms with Gasteiger partial charge in [-0.3, -0.25) is 14.4 Å². The van der Waals surface area contributed by atoms with Crippen molar-refractivity contribution in [1.29, 1.82) is 0 Å². The van der Waals surface area contributed by atoms with Gasteiger partial charge < -0.3 is 20.9 Å². The van der Waals surface area contributed by atoms with Crippen LogP contribution in [0.2, 0.25) is 0 Å². The minimum Gasteiger partial charge on any atom is -0.354 e. The number of nitrogens with one attached hydrogen (secondary N) is 1. The summed E-state index contributed by atoms with van der Waals surface area (Å²) < 4.78 is 0. The van der Waals surface area contributed by atoms with Crippen molar-refractivity contribution in [3.8, 4) is 0 Å². The molecule has 7 nitrogen and oxygen atoms in total. The van der Waals surface area contributed by atoms with Gasteiger partial charge in [0.15, 0.2) is 0 Å². The van der Waals surface area contributed by atoms with Crippen LogP contribution in [0.1, 0.15) is 25.8 Å². The van der Waals surface area contributed by atoms with Crippen molar-refractivity contribution in [2.75, 3.05) is 32.7 Å². The molecule has 144 valence electrons. The first kappa shape index (κ1) is 21.9. The van der Waals surface area contributed by atoms with Crippen molar-refractivity contribution >= 4 is 30.1 Å². The number of nitrogens with two attached hydrogens (primary N) is 1. The van der Waals surface area contributed by atoms with Gasteiger partial charge in [0, 0.05) is 46.1 Å². The van der Waals surface area contributed by atoms with Gasteiger partial charge in [-0.25, -0.2) is 0 Å². The Kier molecular flexibility index (Phi) is 8.05. The minimum absolute atomic E-state index is 0. The summed E-state index contributed by atoms with van der Waals surface area (Å²) in [6.07, 6.45) is 0.219. The van der Waals surface area contributed by atoms with E-state index >= 15 is 0 Å². The first-order valence-corrected chi connectivity index (χ1v) is 8.48. The van der Waals surface area contributed by atoms with Gasteiger partial charge >= 0.3 is 0 Å². The van der Waals surface area contributed by atoms with Gasteiger partial charge in [0.1, 0.15) is 5.54 Å². The summed E-state index contributed by atoms with van der Waals surface area (Å²) in [5.74, 6) is -0.308. The number of halogens is 1. The van der Waals surface area contributed by atoms with Gasteiger partial charge in [-0.15, -0.1) is 12.4 Å². The van der Waals surface area contributed by atoms with Crippen molar-refractivity contribution in [1.82, 2.24) is 15.1 Å². The molecule has 0 aromatic heterocycles. The molecule has 0 bridgehead atoms. The van der Waals surface area contributed by atoms with Crippen LogP contribution in [0.3, 0.4) is 0 Å². The highest BCUT2D eigenvalue weighted by molar-refractivity contribution is 5.87. The second kappa shape index (κ2) is 9.54. The molecule has 1 aromatic rings. The van der Waals surface area contributed by atoms with Crippen LogP contribution in [0.15, 0.2) is 30.3 Å².